The molecule has 1 N–H and O–H groups in total. The SMILES string of the molecule is Cc1ccc(CN2CCN(C(=O)n3ccc(NC(=O)C(C)C)n3)CC2)c(N2CCCC2)c1. The number of benzene rings is 1. The molecule has 0 aliphatic carbocycles. The molecule has 0 radical (unpaired) electrons. The number of carbonyl (C=O) groups is 2. The van der Waals surface area contributed by atoms with Crippen LogP contribution in [-0.2, 0) is 11.3 Å². The van der Waals surface area contributed by atoms with Crippen LogP contribution in [-0.4, -0.2) is 70.8 Å². The molecule has 4 rings (SSSR count). The number of nitrogens with zero attached hydrogens (tertiary/aromatic N) is 5. The Morgan fingerprint density at radius 2 is 1.75 bits per heavy atom. The highest BCUT2D eigenvalue weighted by Gasteiger charge is 2.24. The van der Waals surface area contributed by atoms with Gasteiger partial charge in [-0.3, -0.25) is 9.69 Å². The van der Waals surface area contributed by atoms with Crippen LogP contribution >= 0.6 is 0 Å². The molecule has 2 saturated heterocycles. The van der Waals surface area contributed by atoms with Crippen molar-refractivity contribution in [3.8, 4) is 0 Å². The summed E-state index contributed by atoms with van der Waals surface area (Å²) in [6, 6.07) is 8.28. The van der Waals surface area contributed by atoms with E-state index in [0.717, 1.165) is 32.7 Å². The lowest BCUT2D eigenvalue weighted by molar-refractivity contribution is -0.118. The van der Waals surface area contributed by atoms with Crippen LogP contribution in [0.3, 0.4) is 0 Å². The standard InChI is InChI=1S/C24H34N6O2/c1-18(2)23(31)25-22-8-11-30(26-22)24(32)29-14-12-27(13-15-29)17-20-7-6-19(3)16-21(20)28-9-4-5-10-28/h6-8,11,16,18H,4-5,9-10,12-15,17H2,1-3H3,(H,25,26,31). The number of piperazine rings is 1. The van der Waals surface area contributed by atoms with E-state index in [4.69, 9.17) is 0 Å². The van der Waals surface area contributed by atoms with Gasteiger partial charge in [0, 0.05) is 69.7 Å². The number of hydrogen-bond acceptors (Lipinski definition) is 5. The van der Waals surface area contributed by atoms with E-state index in [1.807, 2.05) is 18.7 Å². The highest BCUT2D eigenvalue weighted by Crippen LogP contribution is 2.27. The number of carbonyl (C=O) groups excluding carboxylic acids is 2. The summed E-state index contributed by atoms with van der Waals surface area (Å²) < 4.78 is 1.32. The summed E-state index contributed by atoms with van der Waals surface area (Å²) >= 11 is 0. The highest BCUT2D eigenvalue weighted by atomic mass is 16.2. The van der Waals surface area contributed by atoms with Crippen LogP contribution in [0.2, 0.25) is 0 Å². The van der Waals surface area contributed by atoms with Crippen LogP contribution in [0.15, 0.2) is 30.5 Å². The van der Waals surface area contributed by atoms with Crippen molar-refractivity contribution in [2.75, 3.05) is 49.5 Å². The van der Waals surface area contributed by atoms with Gasteiger partial charge in [0.05, 0.1) is 0 Å². The molecule has 8 heteroatoms. The van der Waals surface area contributed by atoms with Gasteiger partial charge < -0.3 is 15.1 Å². The van der Waals surface area contributed by atoms with Gasteiger partial charge in [-0.2, -0.15) is 4.68 Å². The highest BCUT2D eigenvalue weighted by molar-refractivity contribution is 5.91. The number of aryl methyl sites for hydroxylation is 1. The first-order valence-corrected chi connectivity index (χ1v) is 11.6. The molecule has 0 saturated carbocycles. The fourth-order valence-corrected chi connectivity index (χ4v) is 4.31. The van der Waals surface area contributed by atoms with E-state index >= 15 is 0 Å². The Hall–Kier alpha value is -2.87. The number of rotatable bonds is 5. The fourth-order valence-electron chi connectivity index (χ4n) is 4.31. The van der Waals surface area contributed by atoms with Crippen molar-refractivity contribution in [1.29, 1.82) is 0 Å². The van der Waals surface area contributed by atoms with E-state index in [9.17, 15) is 9.59 Å². The molecule has 172 valence electrons. The van der Waals surface area contributed by atoms with Gasteiger partial charge in [-0.25, -0.2) is 4.79 Å². The van der Waals surface area contributed by atoms with Crippen molar-refractivity contribution in [1.82, 2.24) is 19.6 Å². The molecule has 2 fully saturated rings. The third-order valence-corrected chi connectivity index (χ3v) is 6.29. The van der Waals surface area contributed by atoms with Gasteiger partial charge in [0.1, 0.15) is 0 Å². The van der Waals surface area contributed by atoms with E-state index in [0.29, 0.717) is 18.9 Å². The maximum atomic E-state index is 12.9. The first kappa shape index (κ1) is 22.3. The van der Waals surface area contributed by atoms with Crippen molar-refractivity contribution in [3.05, 3.63) is 41.6 Å². The fraction of sp³-hybridized carbons (Fsp3) is 0.542. The Balaban J connectivity index is 1.33. The second kappa shape index (κ2) is 9.73. The van der Waals surface area contributed by atoms with E-state index < -0.39 is 0 Å². The van der Waals surface area contributed by atoms with Crippen LogP contribution in [0.5, 0.6) is 0 Å². The Labute approximate surface area is 190 Å². The van der Waals surface area contributed by atoms with Crippen LogP contribution in [0.1, 0.15) is 37.8 Å². The summed E-state index contributed by atoms with van der Waals surface area (Å²) in [5.74, 6) is 0.161. The summed E-state index contributed by atoms with van der Waals surface area (Å²) in [6.45, 7) is 12.0. The number of hydrogen-bond donors (Lipinski definition) is 1. The van der Waals surface area contributed by atoms with Crippen LogP contribution in [0, 0.1) is 12.8 Å². The minimum Gasteiger partial charge on any atom is -0.371 e. The van der Waals surface area contributed by atoms with Gasteiger partial charge in [-0.05, 0) is 37.0 Å². The molecule has 0 bridgehead atoms. The summed E-state index contributed by atoms with van der Waals surface area (Å²) in [5, 5.41) is 6.97. The lowest BCUT2D eigenvalue weighted by Gasteiger charge is -2.35. The number of amides is 2. The number of nitrogens with one attached hydrogen (secondary N) is 1. The van der Waals surface area contributed by atoms with Crippen molar-refractivity contribution in [2.24, 2.45) is 5.92 Å². The molecule has 2 aromatic rings. The maximum absolute atomic E-state index is 12.9. The maximum Gasteiger partial charge on any atom is 0.344 e. The lowest BCUT2D eigenvalue weighted by Crippen LogP contribution is -2.49. The third kappa shape index (κ3) is 5.12. The molecule has 0 unspecified atom stereocenters. The summed E-state index contributed by atoms with van der Waals surface area (Å²) in [4.78, 5) is 31.5. The molecule has 1 aromatic carbocycles. The van der Waals surface area contributed by atoms with Gasteiger partial charge in [-0.15, -0.1) is 5.10 Å². The van der Waals surface area contributed by atoms with Gasteiger partial charge in [-0.1, -0.05) is 26.0 Å². The molecule has 8 nitrogen and oxygen atoms in total. The van der Waals surface area contributed by atoms with Crippen molar-refractivity contribution < 1.29 is 9.59 Å². The summed E-state index contributed by atoms with van der Waals surface area (Å²) in [7, 11) is 0. The predicted molar refractivity (Wildman–Crippen MR) is 126 cm³/mol. The molecular weight excluding hydrogens is 404 g/mol. The monoisotopic (exact) mass is 438 g/mol. The molecule has 2 aliphatic heterocycles. The predicted octanol–water partition coefficient (Wildman–Crippen LogP) is 3.17. The van der Waals surface area contributed by atoms with Crippen LogP contribution < -0.4 is 10.2 Å². The molecule has 1 aromatic heterocycles. The molecule has 0 spiro atoms. The molecule has 3 heterocycles. The Kier molecular flexibility index (Phi) is 6.79. The van der Waals surface area contributed by atoms with E-state index in [-0.39, 0.29) is 17.9 Å². The molecule has 32 heavy (non-hydrogen) atoms. The zero-order chi connectivity index (χ0) is 22.7. The average Bonchev–Trinajstić information content (AvgIpc) is 3.47. The smallest absolute Gasteiger partial charge is 0.344 e. The molecule has 2 amide bonds. The molecule has 2 aliphatic rings. The minimum absolute atomic E-state index is 0.110. The molecule has 0 atom stereocenters. The molecular formula is C24H34N6O2. The zero-order valence-electron chi connectivity index (χ0n) is 19.4. The third-order valence-electron chi connectivity index (χ3n) is 6.29. The second-order valence-corrected chi connectivity index (χ2v) is 9.16. The van der Waals surface area contributed by atoms with Gasteiger partial charge >= 0.3 is 6.03 Å². The largest absolute Gasteiger partial charge is 0.371 e. The Morgan fingerprint density at radius 3 is 2.44 bits per heavy atom. The quantitative estimate of drug-likeness (QED) is 0.776. The zero-order valence-corrected chi connectivity index (χ0v) is 19.4. The van der Waals surface area contributed by atoms with E-state index in [2.05, 4.69) is 45.3 Å². The Bertz CT molecular complexity index is 955. The average molecular weight is 439 g/mol. The van der Waals surface area contributed by atoms with Crippen molar-refractivity contribution in [2.45, 2.75) is 40.2 Å². The van der Waals surface area contributed by atoms with Crippen LogP contribution in [0.4, 0.5) is 16.3 Å². The topological polar surface area (TPSA) is 73.7 Å². The van der Waals surface area contributed by atoms with Gasteiger partial charge in [0.25, 0.3) is 0 Å². The van der Waals surface area contributed by atoms with Crippen LogP contribution in [0.25, 0.3) is 0 Å². The van der Waals surface area contributed by atoms with Crippen molar-refractivity contribution in [3.63, 3.8) is 0 Å². The summed E-state index contributed by atoms with van der Waals surface area (Å²) in [5.41, 5.74) is 4.04. The van der Waals surface area contributed by atoms with Crippen molar-refractivity contribution >= 4 is 23.4 Å². The second-order valence-electron chi connectivity index (χ2n) is 9.16. The van der Waals surface area contributed by atoms with Gasteiger partial charge in [0.2, 0.25) is 5.91 Å². The minimum atomic E-state index is -0.150. The Morgan fingerprint density at radius 1 is 1.03 bits per heavy atom. The lowest BCUT2D eigenvalue weighted by atomic mass is 10.1. The van der Waals surface area contributed by atoms with E-state index in [1.165, 1.54) is 34.3 Å². The first-order valence-electron chi connectivity index (χ1n) is 11.6. The van der Waals surface area contributed by atoms with E-state index in [1.54, 1.807) is 12.3 Å². The normalized spacial score (nSPS) is 17.2. The number of anilines is 2. The summed E-state index contributed by atoms with van der Waals surface area (Å²) in [6.07, 6.45) is 4.15. The van der Waals surface area contributed by atoms with Gasteiger partial charge in [0.15, 0.2) is 5.82 Å². The first-order chi connectivity index (χ1) is 15.4. The number of aromatic nitrogens is 2.